The number of anilines is 1. The van der Waals surface area contributed by atoms with Gasteiger partial charge in [0.1, 0.15) is 16.7 Å². The molecule has 0 spiro atoms. The monoisotopic (exact) mass is 430 g/mol. The van der Waals surface area contributed by atoms with Crippen LogP contribution in [0.25, 0.3) is 16.7 Å². The second-order valence-electron chi connectivity index (χ2n) is 7.42. The minimum atomic E-state index is -0.387. The number of nitrogens with zero attached hydrogens (tertiary/aromatic N) is 3. The van der Waals surface area contributed by atoms with Gasteiger partial charge in [-0.1, -0.05) is 29.3 Å². The molecule has 3 heterocycles. The van der Waals surface area contributed by atoms with E-state index in [-0.39, 0.29) is 29.4 Å². The molecule has 0 atom stereocenters. The first-order chi connectivity index (χ1) is 15.4. The Morgan fingerprint density at radius 1 is 1.31 bits per heavy atom. The highest BCUT2D eigenvalue weighted by molar-refractivity contribution is 6.00. The van der Waals surface area contributed by atoms with Crippen molar-refractivity contribution < 1.29 is 14.1 Å². The Labute approximate surface area is 184 Å². The van der Waals surface area contributed by atoms with Gasteiger partial charge in [0.05, 0.1) is 13.7 Å². The molecule has 0 radical (unpaired) electrons. The number of carbonyl (C=O) groups is 1. The first kappa shape index (κ1) is 21.0. The molecule has 0 aliphatic rings. The molecule has 0 bridgehead atoms. The van der Waals surface area contributed by atoms with Gasteiger partial charge in [-0.05, 0) is 36.8 Å². The molecule has 0 unspecified atom stereocenters. The zero-order valence-electron chi connectivity index (χ0n) is 18.0. The van der Waals surface area contributed by atoms with Crippen LogP contribution in [-0.4, -0.2) is 28.9 Å². The fourth-order valence-corrected chi connectivity index (χ4v) is 3.63. The molecule has 4 aromatic rings. The van der Waals surface area contributed by atoms with E-state index < -0.39 is 0 Å². The van der Waals surface area contributed by atoms with Gasteiger partial charge in [-0.3, -0.25) is 14.0 Å². The van der Waals surface area contributed by atoms with Gasteiger partial charge < -0.3 is 15.8 Å². The van der Waals surface area contributed by atoms with Crippen molar-refractivity contribution >= 4 is 28.4 Å². The van der Waals surface area contributed by atoms with E-state index in [1.165, 1.54) is 10.5 Å². The van der Waals surface area contributed by atoms with Crippen molar-refractivity contribution in [3.05, 3.63) is 88.4 Å². The SMILES string of the molecule is C=CCNC(=O)c1cc2c(=O)n3cccc(C)c3nc2[n+](Cc2ccc(OC)cc2)c1N. The lowest BCUT2D eigenvalue weighted by atomic mass is 10.1. The third-order valence-electron chi connectivity index (χ3n) is 5.33. The Morgan fingerprint density at radius 3 is 2.75 bits per heavy atom. The maximum absolute atomic E-state index is 13.3. The number of rotatable bonds is 6. The van der Waals surface area contributed by atoms with Crippen LogP contribution in [0.3, 0.4) is 0 Å². The number of nitrogens with two attached hydrogens (primary N) is 1. The number of benzene rings is 1. The molecule has 162 valence electrons. The van der Waals surface area contributed by atoms with Crippen LogP contribution in [0.15, 0.2) is 66.1 Å². The summed E-state index contributed by atoms with van der Waals surface area (Å²) in [6.07, 6.45) is 3.24. The molecular formula is C24H24N5O3+. The number of nitrogen functional groups attached to an aromatic ring is 1. The number of nitrogens with one attached hydrogen (secondary N) is 1. The molecule has 3 aromatic heterocycles. The number of hydrogen-bond donors (Lipinski definition) is 2. The predicted molar refractivity (Wildman–Crippen MR) is 123 cm³/mol. The number of methoxy groups -OCH3 is 1. The molecule has 1 aromatic carbocycles. The summed E-state index contributed by atoms with van der Waals surface area (Å²) in [5.74, 6) is 0.563. The molecule has 0 saturated heterocycles. The van der Waals surface area contributed by atoms with E-state index in [1.807, 2.05) is 37.3 Å². The Kier molecular flexibility index (Phi) is 5.59. The number of ether oxygens (including phenoxy) is 1. The van der Waals surface area contributed by atoms with Gasteiger partial charge in [0.2, 0.25) is 11.5 Å². The highest BCUT2D eigenvalue weighted by Crippen LogP contribution is 2.18. The molecule has 3 N–H and O–H groups in total. The summed E-state index contributed by atoms with van der Waals surface area (Å²) in [5.41, 5.74) is 9.12. The van der Waals surface area contributed by atoms with Crippen molar-refractivity contribution in [2.45, 2.75) is 13.5 Å². The molecule has 0 aliphatic carbocycles. The molecule has 0 aliphatic heterocycles. The maximum atomic E-state index is 13.3. The lowest BCUT2D eigenvalue weighted by Gasteiger charge is -2.13. The van der Waals surface area contributed by atoms with Crippen molar-refractivity contribution in [2.75, 3.05) is 19.4 Å². The highest BCUT2D eigenvalue weighted by Gasteiger charge is 2.24. The van der Waals surface area contributed by atoms with Gasteiger partial charge >= 0.3 is 0 Å². The molecule has 8 nitrogen and oxygen atoms in total. The van der Waals surface area contributed by atoms with Gasteiger partial charge in [-0.15, -0.1) is 6.58 Å². The minimum Gasteiger partial charge on any atom is -0.497 e. The van der Waals surface area contributed by atoms with E-state index in [2.05, 4.69) is 11.9 Å². The molecule has 0 fully saturated rings. The van der Waals surface area contributed by atoms with Crippen molar-refractivity contribution in [3.8, 4) is 5.75 Å². The van der Waals surface area contributed by atoms with Crippen LogP contribution < -0.4 is 25.9 Å². The number of aryl methyl sites for hydroxylation is 1. The Morgan fingerprint density at radius 2 is 2.06 bits per heavy atom. The molecule has 8 heteroatoms. The van der Waals surface area contributed by atoms with Crippen LogP contribution in [-0.2, 0) is 6.54 Å². The highest BCUT2D eigenvalue weighted by atomic mass is 16.5. The zero-order chi connectivity index (χ0) is 22.8. The van der Waals surface area contributed by atoms with Crippen LogP contribution in [0.5, 0.6) is 5.75 Å². The standard InChI is InChI=1S/C24H23N5O3/c1-4-11-26-23(30)18-13-19-22(27-21-15(2)6-5-12-28(21)24(19)31)29(20(18)25)14-16-7-9-17(32-3)10-8-16/h4-10,12-13,25H,1,11,14H2,2-3H3,(H,26,30)/p+1. The van der Waals surface area contributed by atoms with Crippen molar-refractivity contribution in [2.24, 2.45) is 0 Å². The van der Waals surface area contributed by atoms with E-state index in [0.29, 0.717) is 23.2 Å². The quantitative estimate of drug-likeness (QED) is 0.277. The number of carbonyl (C=O) groups excluding carboxylic acids is 1. The lowest BCUT2D eigenvalue weighted by molar-refractivity contribution is -0.649. The summed E-state index contributed by atoms with van der Waals surface area (Å²) in [6.45, 7) is 6.11. The molecular weight excluding hydrogens is 406 g/mol. The van der Waals surface area contributed by atoms with Crippen LogP contribution in [0.4, 0.5) is 5.82 Å². The van der Waals surface area contributed by atoms with Crippen LogP contribution in [0.2, 0.25) is 0 Å². The van der Waals surface area contributed by atoms with Gasteiger partial charge in [0.25, 0.3) is 17.1 Å². The lowest BCUT2D eigenvalue weighted by Crippen LogP contribution is -2.43. The maximum Gasteiger partial charge on any atom is 0.278 e. The smallest absolute Gasteiger partial charge is 0.278 e. The average Bonchev–Trinajstić information content (AvgIpc) is 2.80. The fourth-order valence-electron chi connectivity index (χ4n) is 3.63. The van der Waals surface area contributed by atoms with Gasteiger partial charge in [0, 0.05) is 18.3 Å². The van der Waals surface area contributed by atoms with Crippen molar-refractivity contribution in [1.29, 1.82) is 0 Å². The number of amides is 1. The third kappa shape index (κ3) is 3.66. The second-order valence-corrected chi connectivity index (χ2v) is 7.42. The van der Waals surface area contributed by atoms with Crippen LogP contribution in [0, 0.1) is 6.92 Å². The summed E-state index contributed by atoms with van der Waals surface area (Å²) >= 11 is 0. The minimum absolute atomic E-state index is 0.208. The van der Waals surface area contributed by atoms with E-state index in [9.17, 15) is 9.59 Å². The van der Waals surface area contributed by atoms with Crippen LogP contribution in [0.1, 0.15) is 21.5 Å². The molecule has 4 rings (SSSR count). The van der Waals surface area contributed by atoms with Crippen molar-refractivity contribution in [3.63, 3.8) is 0 Å². The van der Waals surface area contributed by atoms with E-state index in [1.54, 1.807) is 30.0 Å². The first-order valence-corrected chi connectivity index (χ1v) is 10.1. The number of fused-ring (bicyclic) bond motifs is 2. The Bertz CT molecular complexity index is 1410. The Hall–Kier alpha value is -4.20. The number of hydrogen-bond acceptors (Lipinski definition) is 5. The number of aromatic nitrogens is 3. The number of pyridine rings is 2. The van der Waals surface area contributed by atoms with Gasteiger partial charge in [-0.25, -0.2) is 4.57 Å². The largest absolute Gasteiger partial charge is 0.497 e. The average molecular weight is 430 g/mol. The van der Waals surface area contributed by atoms with Gasteiger partial charge in [-0.2, -0.15) is 0 Å². The normalized spacial score (nSPS) is 10.9. The summed E-state index contributed by atoms with van der Waals surface area (Å²) < 4.78 is 8.41. The zero-order valence-corrected chi connectivity index (χ0v) is 18.0. The Balaban J connectivity index is 2.00. The van der Waals surface area contributed by atoms with E-state index in [0.717, 1.165) is 16.9 Å². The molecule has 1 amide bonds. The summed E-state index contributed by atoms with van der Waals surface area (Å²) in [7, 11) is 1.60. The van der Waals surface area contributed by atoms with E-state index >= 15 is 0 Å². The molecule has 0 saturated carbocycles. The van der Waals surface area contributed by atoms with Gasteiger partial charge in [0.15, 0.2) is 0 Å². The predicted octanol–water partition coefficient (Wildman–Crippen LogP) is 2.00. The van der Waals surface area contributed by atoms with E-state index in [4.69, 9.17) is 15.5 Å². The fraction of sp³-hybridized carbons (Fsp3) is 0.167. The summed E-state index contributed by atoms with van der Waals surface area (Å²) in [5, 5.41) is 3.04. The summed E-state index contributed by atoms with van der Waals surface area (Å²) in [6, 6.07) is 12.7. The second kappa shape index (κ2) is 8.50. The first-order valence-electron chi connectivity index (χ1n) is 10.1. The third-order valence-corrected chi connectivity index (χ3v) is 5.33. The van der Waals surface area contributed by atoms with Crippen molar-refractivity contribution in [1.82, 2.24) is 14.7 Å². The topological polar surface area (TPSA) is 103 Å². The summed E-state index contributed by atoms with van der Waals surface area (Å²) in [4.78, 5) is 30.9. The van der Waals surface area contributed by atoms with Crippen LogP contribution >= 0.6 is 0 Å². The molecule has 32 heavy (non-hydrogen) atoms.